The molecule has 1 saturated heterocycles. The monoisotopic (exact) mass is 486 g/mol. The van der Waals surface area contributed by atoms with Crippen molar-refractivity contribution in [1.82, 2.24) is 10.2 Å². The van der Waals surface area contributed by atoms with Crippen LogP contribution in [-0.4, -0.2) is 41.6 Å². The number of carbonyl (C=O) groups is 3. The topological polar surface area (TPSA) is 66.5 Å². The number of ketones is 1. The average molecular weight is 487 g/mol. The molecule has 1 aromatic rings. The highest BCUT2D eigenvalue weighted by Gasteiger charge is 2.42. The second-order valence-corrected chi connectivity index (χ2v) is 12.2. The first-order chi connectivity index (χ1) is 16.3. The number of likely N-dealkylation sites (tertiary alicyclic amines) is 1. The lowest BCUT2D eigenvalue weighted by molar-refractivity contribution is -0.140. The van der Waals surface area contributed by atoms with E-state index in [0.29, 0.717) is 18.7 Å². The van der Waals surface area contributed by atoms with Crippen molar-refractivity contribution in [2.24, 2.45) is 16.7 Å². The van der Waals surface area contributed by atoms with Gasteiger partial charge in [0.1, 0.15) is 5.82 Å². The summed E-state index contributed by atoms with van der Waals surface area (Å²) in [5.41, 5.74) is -0.363. The molecule has 3 rings (SSSR count). The summed E-state index contributed by atoms with van der Waals surface area (Å²) in [5.74, 6) is -1.39. The summed E-state index contributed by atoms with van der Waals surface area (Å²) in [6.07, 6.45) is 6.51. The quantitative estimate of drug-likeness (QED) is 0.547. The summed E-state index contributed by atoms with van der Waals surface area (Å²) in [4.78, 5) is 41.1. The van der Waals surface area contributed by atoms with Crippen molar-refractivity contribution >= 4 is 17.6 Å². The molecule has 2 aliphatic rings. The highest BCUT2D eigenvalue weighted by molar-refractivity contribution is 5.99. The van der Waals surface area contributed by atoms with Gasteiger partial charge in [0.05, 0.1) is 11.6 Å². The number of hydrogen-bond acceptors (Lipinski definition) is 3. The molecule has 0 unspecified atom stereocenters. The second kappa shape index (κ2) is 10.8. The van der Waals surface area contributed by atoms with E-state index in [0.717, 1.165) is 44.9 Å². The third-order valence-electron chi connectivity index (χ3n) is 7.88. The fourth-order valence-corrected chi connectivity index (χ4v) is 5.71. The maximum atomic E-state index is 15.8. The van der Waals surface area contributed by atoms with E-state index in [2.05, 4.69) is 12.2 Å². The van der Waals surface area contributed by atoms with Crippen LogP contribution in [0.15, 0.2) is 18.2 Å². The lowest BCUT2D eigenvalue weighted by Crippen LogP contribution is -2.53. The molecular weight excluding hydrogens is 443 g/mol. The number of hydrogen-bond donors (Lipinski definition) is 1. The van der Waals surface area contributed by atoms with Crippen LogP contribution in [0.5, 0.6) is 0 Å². The van der Waals surface area contributed by atoms with Crippen molar-refractivity contribution in [3.63, 3.8) is 0 Å². The first-order valence-corrected chi connectivity index (χ1v) is 13.3. The number of carbonyl (C=O) groups excluding carboxylic acids is 3. The number of amides is 2. The highest BCUT2D eigenvalue weighted by atomic mass is 19.1. The fraction of sp³-hybridized carbons (Fsp3) is 0.690. The number of nitrogens with zero attached hydrogens (tertiary/aromatic N) is 1. The fourth-order valence-electron chi connectivity index (χ4n) is 5.71. The Hall–Kier alpha value is -2.24. The molecule has 0 spiro atoms. The van der Waals surface area contributed by atoms with Crippen LogP contribution in [0, 0.1) is 22.6 Å². The van der Waals surface area contributed by atoms with Crippen molar-refractivity contribution in [1.29, 1.82) is 0 Å². The van der Waals surface area contributed by atoms with E-state index < -0.39 is 23.2 Å². The molecule has 2 atom stereocenters. The Balaban J connectivity index is 1.84. The minimum atomic E-state index is -0.632. The van der Waals surface area contributed by atoms with Crippen LogP contribution < -0.4 is 5.32 Å². The van der Waals surface area contributed by atoms with Crippen molar-refractivity contribution < 1.29 is 18.8 Å². The van der Waals surface area contributed by atoms with Gasteiger partial charge in [0.25, 0.3) is 5.91 Å². The Morgan fingerprint density at radius 3 is 2.34 bits per heavy atom. The maximum absolute atomic E-state index is 15.8. The normalized spacial score (nSPS) is 21.5. The summed E-state index contributed by atoms with van der Waals surface area (Å²) in [6.45, 7) is 12.6. The summed E-state index contributed by atoms with van der Waals surface area (Å²) >= 11 is 0. The van der Waals surface area contributed by atoms with Gasteiger partial charge in [0.2, 0.25) is 5.91 Å². The van der Waals surface area contributed by atoms with Crippen LogP contribution in [0.1, 0.15) is 108 Å². The van der Waals surface area contributed by atoms with Gasteiger partial charge in [0, 0.05) is 30.3 Å². The van der Waals surface area contributed by atoms with Crippen molar-refractivity contribution in [3.05, 3.63) is 35.1 Å². The van der Waals surface area contributed by atoms with Gasteiger partial charge in [-0.2, -0.15) is 0 Å². The standard InChI is InChI=1S/C29H43FN2O3/c1-19(2)24(33)25(29(6)15-8-7-9-16-29)31-26(34)22-14-10-13-21(23(22)30)20-12-11-17-32(18-20)27(35)28(3,4)5/h10,13-14,19-20,25H,7-9,11-12,15-18H2,1-6H3,(H,31,34)/t20-,25+/m1/s1. The molecule has 1 heterocycles. The molecule has 0 aromatic heterocycles. The summed E-state index contributed by atoms with van der Waals surface area (Å²) < 4.78 is 15.8. The molecule has 1 aliphatic carbocycles. The minimum Gasteiger partial charge on any atom is -0.342 e. The molecule has 1 saturated carbocycles. The summed E-state index contributed by atoms with van der Waals surface area (Å²) in [7, 11) is 0. The smallest absolute Gasteiger partial charge is 0.254 e. The van der Waals surface area contributed by atoms with Gasteiger partial charge in [-0.1, -0.05) is 72.9 Å². The van der Waals surface area contributed by atoms with E-state index in [1.165, 1.54) is 6.07 Å². The average Bonchev–Trinajstić information content (AvgIpc) is 2.81. The first kappa shape index (κ1) is 27.3. The van der Waals surface area contributed by atoms with Gasteiger partial charge >= 0.3 is 0 Å². The predicted molar refractivity (Wildman–Crippen MR) is 137 cm³/mol. The predicted octanol–water partition coefficient (Wildman–Crippen LogP) is 5.87. The summed E-state index contributed by atoms with van der Waals surface area (Å²) in [5, 5.41) is 2.95. The Morgan fingerprint density at radius 2 is 1.74 bits per heavy atom. The van der Waals surface area contributed by atoms with Crippen LogP contribution in [-0.2, 0) is 9.59 Å². The van der Waals surface area contributed by atoms with Crippen LogP contribution in [0.2, 0.25) is 0 Å². The zero-order valence-corrected chi connectivity index (χ0v) is 22.4. The molecule has 2 fully saturated rings. The molecule has 35 heavy (non-hydrogen) atoms. The van der Waals surface area contributed by atoms with Crippen molar-refractivity contribution in [2.75, 3.05) is 13.1 Å². The molecule has 0 radical (unpaired) electrons. The Morgan fingerprint density at radius 1 is 1.09 bits per heavy atom. The van der Waals surface area contributed by atoms with Crippen LogP contribution in [0.3, 0.4) is 0 Å². The number of nitrogens with one attached hydrogen (secondary N) is 1. The molecule has 5 nitrogen and oxygen atoms in total. The lowest BCUT2D eigenvalue weighted by atomic mass is 9.68. The van der Waals surface area contributed by atoms with Gasteiger partial charge in [-0.15, -0.1) is 0 Å². The van der Waals surface area contributed by atoms with Crippen molar-refractivity contribution in [2.45, 2.75) is 98.4 Å². The Bertz CT molecular complexity index is 944. The highest BCUT2D eigenvalue weighted by Crippen LogP contribution is 2.40. The molecule has 1 N–H and O–H groups in total. The Kier molecular flexibility index (Phi) is 8.44. The number of halogens is 1. The van der Waals surface area contributed by atoms with Gasteiger partial charge < -0.3 is 10.2 Å². The Labute approximate surface area is 210 Å². The zero-order valence-electron chi connectivity index (χ0n) is 22.4. The molecule has 194 valence electrons. The molecule has 2 amide bonds. The molecule has 1 aromatic carbocycles. The van der Waals surface area contributed by atoms with E-state index in [-0.39, 0.29) is 34.5 Å². The minimum absolute atomic E-state index is 0.00271. The van der Waals surface area contributed by atoms with Crippen LogP contribution in [0.4, 0.5) is 4.39 Å². The zero-order chi connectivity index (χ0) is 26.0. The second-order valence-electron chi connectivity index (χ2n) is 12.2. The van der Waals surface area contributed by atoms with Gasteiger partial charge in [-0.25, -0.2) is 4.39 Å². The SMILES string of the molecule is CC(C)C(=O)[C@H](NC(=O)c1cccc([C@@H]2CCCN(C(=O)C(C)(C)C)C2)c1F)C1(C)CCCCC1. The van der Waals surface area contributed by atoms with Crippen LogP contribution >= 0.6 is 0 Å². The van der Waals surface area contributed by atoms with E-state index in [1.54, 1.807) is 12.1 Å². The number of rotatable bonds is 6. The third kappa shape index (κ3) is 6.13. The van der Waals surface area contributed by atoms with Crippen LogP contribution in [0.25, 0.3) is 0 Å². The third-order valence-corrected chi connectivity index (χ3v) is 7.88. The van der Waals surface area contributed by atoms with E-state index in [1.807, 2.05) is 39.5 Å². The number of benzene rings is 1. The van der Waals surface area contributed by atoms with Gasteiger partial charge in [-0.05, 0) is 42.7 Å². The van der Waals surface area contributed by atoms with Crippen molar-refractivity contribution in [3.8, 4) is 0 Å². The lowest BCUT2D eigenvalue weighted by Gasteiger charge is -2.41. The number of Topliss-reactive ketones (excluding diaryl/α,β-unsaturated/α-hetero) is 1. The largest absolute Gasteiger partial charge is 0.342 e. The van der Waals surface area contributed by atoms with E-state index in [4.69, 9.17) is 0 Å². The first-order valence-electron chi connectivity index (χ1n) is 13.3. The molecule has 0 bridgehead atoms. The molecule has 1 aliphatic heterocycles. The molecular formula is C29H43FN2O3. The number of piperidine rings is 1. The summed E-state index contributed by atoms with van der Waals surface area (Å²) in [6, 6.07) is 4.29. The van der Waals surface area contributed by atoms with E-state index >= 15 is 4.39 Å². The molecule has 6 heteroatoms. The van der Waals surface area contributed by atoms with E-state index in [9.17, 15) is 14.4 Å². The van der Waals surface area contributed by atoms with Gasteiger partial charge in [-0.3, -0.25) is 14.4 Å². The maximum Gasteiger partial charge on any atom is 0.254 e. The van der Waals surface area contributed by atoms with Gasteiger partial charge in [0.15, 0.2) is 5.78 Å².